The van der Waals surface area contributed by atoms with Gasteiger partial charge < -0.3 is 5.32 Å². The molecule has 0 unspecified atom stereocenters. The van der Waals surface area contributed by atoms with E-state index in [9.17, 15) is 34.8 Å². The number of nitrogens with zero attached hydrogens (tertiary/aromatic N) is 2. The number of rotatable bonds is 4. The number of halogens is 7. The highest BCUT2D eigenvalue weighted by Crippen LogP contribution is 2.38. The third-order valence-electron chi connectivity index (χ3n) is 3.28. The van der Waals surface area contributed by atoms with Crippen LogP contribution in [0.5, 0.6) is 0 Å². The third-order valence-corrected chi connectivity index (χ3v) is 4.40. The number of anilines is 1. The molecule has 0 saturated heterocycles. The number of alkyl halides is 3. The van der Waals surface area contributed by atoms with Gasteiger partial charge in [-0.25, -0.2) is 31.6 Å². The van der Waals surface area contributed by atoms with Gasteiger partial charge in [-0.15, -0.1) is 0 Å². The lowest BCUT2D eigenvalue weighted by Crippen LogP contribution is -2.34. The van der Waals surface area contributed by atoms with Crippen molar-refractivity contribution in [2.24, 2.45) is 0 Å². The van der Waals surface area contributed by atoms with Crippen molar-refractivity contribution in [3.05, 3.63) is 34.7 Å². The summed E-state index contributed by atoms with van der Waals surface area (Å²) in [6, 6.07) is -1.74. The monoisotopic (exact) mass is 433 g/mol. The summed E-state index contributed by atoms with van der Waals surface area (Å²) in [4.78, 5) is 6.79. The van der Waals surface area contributed by atoms with E-state index in [1.165, 1.54) is 0 Å². The Labute approximate surface area is 154 Å². The lowest BCUT2D eigenvalue weighted by Gasteiger charge is -2.21. The molecule has 5 nitrogen and oxygen atoms in total. The minimum Gasteiger partial charge on any atom is -0.358 e. The zero-order valence-electron chi connectivity index (χ0n) is 13.5. The first-order valence-electron chi connectivity index (χ1n) is 6.97. The molecule has 0 aliphatic heterocycles. The van der Waals surface area contributed by atoms with Crippen molar-refractivity contribution >= 4 is 27.3 Å². The van der Waals surface area contributed by atoms with Crippen molar-refractivity contribution in [3.63, 3.8) is 0 Å². The molecule has 1 N–H and O–H groups in total. The number of benzene rings is 1. The largest absolute Gasteiger partial charge is 0.408 e. The van der Waals surface area contributed by atoms with Gasteiger partial charge in [0.1, 0.15) is 34.5 Å². The summed E-state index contributed by atoms with van der Waals surface area (Å²) in [5.41, 5.74) is -1.80. The van der Waals surface area contributed by atoms with Gasteiger partial charge in [0.15, 0.2) is 0 Å². The van der Waals surface area contributed by atoms with E-state index < -0.39 is 66.8 Å². The number of sulfone groups is 1. The number of aromatic nitrogens is 2. The fourth-order valence-corrected chi connectivity index (χ4v) is 2.80. The predicted octanol–water partition coefficient (Wildman–Crippen LogP) is 3.98. The topological polar surface area (TPSA) is 72.0 Å². The second kappa shape index (κ2) is 7.15. The lowest BCUT2D eigenvalue weighted by molar-refractivity contribution is -0.138. The minimum absolute atomic E-state index is 0.274. The molecule has 0 fully saturated rings. The zero-order valence-corrected chi connectivity index (χ0v) is 15.1. The van der Waals surface area contributed by atoms with Crippen LogP contribution in [0.1, 0.15) is 6.92 Å². The van der Waals surface area contributed by atoms with E-state index in [-0.39, 0.29) is 12.1 Å². The van der Waals surface area contributed by atoms with Crippen molar-refractivity contribution in [1.82, 2.24) is 9.97 Å². The maximum Gasteiger partial charge on any atom is 0.408 e. The van der Waals surface area contributed by atoms with Gasteiger partial charge in [0.05, 0.1) is 11.1 Å². The first kappa shape index (κ1) is 21.2. The quantitative estimate of drug-likeness (QED) is 0.448. The van der Waals surface area contributed by atoms with Crippen LogP contribution >= 0.6 is 11.6 Å². The predicted molar refractivity (Wildman–Crippen MR) is 84.6 cm³/mol. The zero-order chi connectivity index (χ0) is 20.7. The fraction of sp³-hybridized carbons (Fsp3) is 0.286. The molecule has 0 saturated carbocycles. The molecule has 0 aliphatic carbocycles. The Balaban J connectivity index is 2.81. The van der Waals surface area contributed by atoms with Crippen molar-refractivity contribution < 1.29 is 34.8 Å². The summed E-state index contributed by atoms with van der Waals surface area (Å²) in [6.45, 7) is 0.664. The molecular weight excluding hydrogens is 424 g/mol. The van der Waals surface area contributed by atoms with Crippen LogP contribution in [0.3, 0.4) is 0 Å². The Morgan fingerprint density at radius 3 is 2.04 bits per heavy atom. The van der Waals surface area contributed by atoms with Crippen LogP contribution in [-0.4, -0.2) is 36.9 Å². The molecule has 0 spiro atoms. The van der Waals surface area contributed by atoms with Gasteiger partial charge in [0.2, 0.25) is 15.0 Å². The second-order valence-corrected chi connectivity index (χ2v) is 7.71. The smallest absolute Gasteiger partial charge is 0.358 e. The lowest BCUT2D eigenvalue weighted by atomic mass is 10.1. The van der Waals surface area contributed by atoms with E-state index in [1.807, 2.05) is 5.32 Å². The summed E-state index contributed by atoms with van der Waals surface area (Å²) >= 11 is 5.79. The van der Waals surface area contributed by atoms with Crippen molar-refractivity contribution in [2.75, 3.05) is 11.6 Å². The highest BCUT2D eigenvalue weighted by molar-refractivity contribution is 7.90. The second-order valence-electron chi connectivity index (χ2n) is 5.44. The van der Waals surface area contributed by atoms with E-state index in [1.54, 1.807) is 0 Å². The summed E-state index contributed by atoms with van der Waals surface area (Å²) in [5.74, 6) is -5.15. The average molecular weight is 434 g/mol. The number of nitrogens with one attached hydrogen (secondary N) is 1. The van der Waals surface area contributed by atoms with E-state index in [0.717, 1.165) is 0 Å². The van der Waals surface area contributed by atoms with Gasteiger partial charge in [-0.3, -0.25) is 0 Å². The van der Waals surface area contributed by atoms with Crippen LogP contribution in [0.4, 0.5) is 32.2 Å². The molecular formula is C14H10ClF6N3O2S. The molecule has 2 aromatic rings. The Bertz CT molecular complexity index is 974. The van der Waals surface area contributed by atoms with Crippen molar-refractivity contribution in [1.29, 1.82) is 0 Å². The average Bonchev–Trinajstić information content (AvgIpc) is 2.46. The molecule has 1 heterocycles. The Morgan fingerprint density at radius 2 is 1.59 bits per heavy atom. The van der Waals surface area contributed by atoms with Gasteiger partial charge in [-0.2, -0.15) is 13.2 Å². The van der Waals surface area contributed by atoms with Crippen molar-refractivity contribution in [3.8, 4) is 11.1 Å². The molecule has 2 rings (SSSR count). The molecule has 0 amide bonds. The fourth-order valence-electron chi connectivity index (χ4n) is 1.97. The number of hydrogen-bond donors (Lipinski definition) is 1. The maximum atomic E-state index is 14.1. The molecule has 1 atom stereocenters. The standard InChI is InChI=1S/C14H10ClF6N3O2S/c1-5(14(19,20)21)22-12-10(9-7(17)3-6(16)4-8(9)18)11(15)23-13(24-12)27(2,25)26/h3-5H,1-2H3,(H,22,23,24)/t5-/m0/s1. The summed E-state index contributed by atoms with van der Waals surface area (Å²) < 4.78 is 103. The summed E-state index contributed by atoms with van der Waals surface area (Å²) in [5, 5.41) is 0.0162. The van der Waals surface area contributed by atoms with E-state index in [4.69, 9.17) is 11.6 Å². The van der Waals surface area contributed by atoms with Crippen LogP contribution < -0.4 is 5.32 Å². The highest BCUT2D eigenvalue weighted by Gasteiger charge is 2.37. The van der Waals surface area contributed by atoms with Gasteiger partial charge in [0.25, 0.3) is 0 Å². The van der Waals surface area contributed by atoms with Gasteiger partial charge in [0, 0.05) is 18.4 Å². The molecule has 0 radical (unpaired) electrons. The number of hydrogen-bond acceptors (Lipinski definition) is 5. The molecule has 148 valence electrons. The molecule has 1 aromatic carbocycles. The SMILES string of the molecule is C[C@H](Nc1nc(S(C)(=O)=O)nc(Cl)c1-c1c(F)cc(F)cc1F)C(F)(F)F. The van der Waals surface area contributed by atoms with Crippen LogP contribution in [0.15, 0.2) is 17.3 Å². The third kappa shape index (κ3) is 4.61. The molecule has 1 aromatic heterocycles. The first-order valence-corrected chi connectivity index (χ1v) is 9.24. The minimum atomic E-state index is -4.81. The van der Waals surface area contributed by atoms with Crippen LogP contribution in [-0.2, 0) is 9.84 Å². The van der Waals surface area contributed by atoms with Crippen molar-refractivity contribution in [2.45, 2.75) is 24.3 Å². The van der Waals surface area contributed by atoms with E-state index >= 15 is 0 Å². The molecule has 27 heavy (non-hydrogen) atoms. The van der Waals surface area contributed by atoms with E-state index in [0.29, 0.717) is 13.2 Å². The van der Waals surface area contributed by atoms with Gasteiger partial charge in [-0.05, 0) is 6.92 Å². The van der Waals surface area contributed by atoms with Gasteiger partial charge in [-0.1, -0.05) is 11.6 Å². The Kier molecular flexibility index (Phi) is 5.62. The molecule has 0 aliphatic rings. The van der Waals surface area contributed by atoms with E-state index in [2.05, 4.69) is 9.97 Å². The summed E-state index contributed by atoms with van der Waals surface area (Å²) in [6.07, 6.45) is -4.14. The normalized spacial score (nSPS) is 13.5. The van der Waals surface area contributed by atoms with Crippen LogP contribution in [0, 0.1) is 17.5 Å². The van der Waals surface area contributed by atoms with Crippen LogP contribution in [0.25, 0.3) is 11.1 Å². The highest BCUT2D eigenvalue weighted by atomic mass is 35.5. The molecule has 13 heteroatoms. The van der Waals surface area contributed by atoms with Crippen LogP contribution in [0.2, 0.25) is 5.15 Å². The summed E-state index contributed by atoms with van der Waals surface area (Å²) in [7, 11) is -4.12. The maximum absolute atomic E-state index is 14.1. The first-order chi connectivity index (χ1) is 12.2. The Morgan fingerprint density at radius 1 is 1.07 bits per heavy atom. The van der Waals surface area contributed by atoms with Gasteiger partial charge >= 0.3 is 6.18 Å². The Hall–Kier alpha value is -2.08. The molecule has 0 bridgehead atoms.